The van der Waals surface area contributed by atoms with E-state index in [-0.39, 0.29) is 16.1 Å². The lowest BCUT2D eigenvalue weighted by Gasteiger charge is -2.11. The molecule has 0 saturated carbocycles. The number of hydrogen-bond donors (Lipinski definition) is 0. The van der Waals surface area contributed by atoms with Gasteiger partial charge in [0.1, 0.15) is 5.25 Å². The Hall–Kier alpha value is -1.01. The largest absolute Gasteiger partial charge is 0.465 e. The third-order valence-corrected chi connectivity index (χ3v) is 4.86. The molecule has 1 atom stereocenters. The highest BCUT2D eigenvalue weighted by atomic mass is 32.2. The zero-order valence-corrected chi connectivity index (χ0v) is 13.6. The first-order valence-corrected chi connectivity index (χ1v) is 9.25. The molecule has 112 valence electrons. The Bertz CT molecular complexity index is 535. The lowest BCUT2D eigenvalue weighted by atomic mass is 10.4. The number of sulfone groups is 1. The fourth-order valence-corrected chi connectivity index (χ4v) is 2.95. The van der Waals surface area contributed by atoms with Crippen molar-refractivity contribution in [2.24, 2.45) is 0 Å². The fraction of sp³-hybridized carbons (Fsp3) is 0.500. The zero-order chi connectivity index (χ0) is 15.2. The predicted molar refractivity (Wildman–Crippen MR) is 80.7 cm³/mol. The van der Waals surface area contributed by atoms with Crippen LogP contribution >= 0.6 is 11.8 Å². The maximum absolute atomic E-state index is 11.7. The molecule has 1 aromatic carbocycles. The number of benzene rings is 1. The van der Waals surface area contributed by atoms with Gasteiger partial charge in [-0.2, -0.15) is 0 Å². The Balaban J connectivity index is 2.58. The SMILES string of the molecule is CCCCOC(=O)C(C)Sc1ccc(S(C)(=O)=O)cc1. The fourth-order valence-electron chi connectivity index (χ4n) is 1.45. The van der Waals surface area contributed by atoms with Gasteiger partial charge in [0.15, 0.2) is 9.84 Å². The van der Waals surface area contributed by atoms with Gasteiger partial charge in [0.25, 0.3) is 0 Å². The highest BCUT2D eigenvalue weighted by Gasteiger charge is 2.16. The van der Waals surface area contributed by atoms with E-state index in [2.05, 4.69) is 0 Å². The molecular formula is C14H20O4S2. The average molecular weight is 316 g/mol. The van der Waals surface area contributed by atoms with E-state index >= 15 is 0 Å². The number of carbonyl (C=O) groups excluding carboxylic acids is 1. The number of hydrogen-bond acceptors (Lipinski definition) is 5. The zero-order valence-electron chi connectivity index (χ0n) is 12.0. The smallest absolute Gasteiger partial charge is 0.319 e. The summed E-state index contributed by atoms with van der Waals surface area (Å²) in [5, 5.41) is -0.309. The van der Waals surface area contributed by atoms with Crippen LogP contribution in [0.1, 0.15) is 26.7 Å². The summed E-state index contributed by atoms with van der Waals surface area (Å²) in [7, 11) is -3.18. The monoisotopic (exact) mass is 316 g/mol. The summed E-state index contributed by atoms with van der Waals surface area (Å²) in [6, 6.07) is 6.51. The molecule has 20 heavy (non-hydrogen) atoms. The van der Waals surface area contributed by atoms with E-state index in [1.807, 2.05) is 6.92 Å². The van der Waals surface area contributed by atoms with Gasteiger partial charge in [-0.25, -0.2) is 8.42 Å². The molecule has 0 spiro atoms. The standard InChI is InChI=1S/C14H20O4S2/c1-4-5-10-18-14(15)11(2)19-12-6-8-13(9-7-12)20(3,16)17/h6-9,11H,4-5,10H2,1-3H3. The van der Waals surface area contributed by atoms with Gasteiger partial charge >= 0.3 is 5.97 Å². The molecule has 0 radical (unpaired) electrons. The third kappa shape index (κ3) is 5.54. The average Bonchev–Trinajstić information content (AvgIpc) is 2.38. The normalized spacial score (nSPS) is 12.9. The lowest BCUT2D eigenvalue weighted by Crippen LogP contribution is -2.17. The molecule has 0 heterocycles. The predicted octanol–water partition coefficient (Wildman–Crippen LogP) is 2.91. The minimum atomic E-state index is -3.18. The molecule has 0 amide bonds. The maximum atomic E-state index is 11.7. The summed E-state index contributed by atoms with van der Waals surface area (Å²) in [6.45, 7) is 4.27. The third-order valence-electron chi connectivity index (χ3n) is 2.64. The van der Waals surface area contributed by atoms with Gasteiger partial charge in [0, 0.05) is 11.2 Å². The first-order valence-electron chi connectivity index (χ1n) is 6.48. The molecule has 1 rings (SSSR count). The van der Waals surface area contributed by atoms with Gasteiger partial charge in [-0.05, 0) is 37.6 Å². The van der Waals surface area contributed by atoms with Crippen molar-refractivity contribution >= 4 is 27.6 Å². The van der Waals surface area contributed by atoms with Crippen molar-refractivity contribution in [1.29, 1.82) is 0 Å². The van der Waals surface area contributed by atoms with Crippen LogP contribution in [0, 0.1) is 0 Å². The molecule has 0 aliphatic heterocycles. The minimum absolute atomic E-state index is 0.240. The molecule has 1 unspecified atom stereocenters. The summed E-state index contributed by atoms with van der Waals surface area (Å²) in [5.74, 6) is -0.240. The van der Waals surface area contributed by atoms with Gasteiger partial charge in [-0.1, -0.05) is 13.3 Å². The van der Waals surface area contributed by atoms with Crippen molar-refractivity contribution in [1.82, 2.24) is 0 Å². The highest BCUT2D eigenvalue weighted by Crippen LogP contribution is 2.25. The van der Waals surface area contributed by atoms with Gasteiger partial charge in [0.05, 0.1) is 11.5 Å². The van der Waals surface area contributed by atoms with Crippen molar-refractivity contribution in [3.8, 4) is 0 Å². The van der Waals surface area contributed by atoms with Crippen LogP contribution in [-0.4, -0.2) is 32.5 Å². The second-order valence-corrected chi connectivity index (χ2v) is 7.95. The summed E-state index contributed by atoms with van der Waals surface area (Å²) in [6.07, 6.45) is 3.02. The summed E-state index contributed by atoms with van der Waals surface area (Å²) in [5.41, 5.74) is 0. The topological polar surface area (TPSA) is 60.4 Å². The van der Waals surface area contributed by atoms with Crippen LogP contribution in [0.2, 0.25) is 0 Å². The first-order chi connectivity index (χ1) is 9.34. The minimum Gasteiger partial charge on any atom is -0.465 e. The molecule has 0 aliphatic carbocycles. The van der Waals surface area contributed by atoms with Crippen LogP contribution in [0.15, 0.2) is 34.1 Å². The molecule has 1 aromatic rings. The molecule has 4 nitrogen and oxygen atoms in total. The highest BCUT2D eigenvalue weighted by molar-refractivity contribution is 8.00. The number of esters is 1. The van der Waals surface area contributed by atoms with Crippen LogP contribution < -0.4 is 0 Å². The number of ether oxygens (including phenoxy) is 1. The molecule has 0 fully saturated rings. The van der Waals surface area contributed by atoms with E-state index in [1.54, 1.807) is 31.2 Å². The van der Waals surface area contributed by atoms with Gasteiger partial charge < -0.3 is 4.74 Å². The molecule has 6 heteroatoms. The maximum Gasteiger partial charge on any atom is 0.319 e. The quantitative estimate of drug-likeness (QED) is 0.440. The lowest BCUT2D eigenvalue weighted by molar-refractivity contribution is -0.142. The van der Waals surface area contributed by atoms with E-state index in [0.29, 0.717) is 6.61 Å². The van der Waals surface area contributed by atoms with E-state index < -0.39 is 9.84 Å². The van der Waals surface area contributed by atoms with Crippen molar-refractivity contribution in [2.45, 2.75) is 41.7 Å². The van der Waals surface area contributed by atoms with E-state index in [0.717, 1.165) is 17.7 Å². The molecule has 0 saturated heterocycles. The van der Waals surface area contributed by atoms with Crippen LogP contribution in [0.3, 0.4) is 0 Å². The van der Waals surface area contributed by atoms with Crippen molar-refractivity contribution in [3.05, 3.63) is 24.3 Å². The number of rotatable bonds is 7. The Kier molecular flexibility index (Phi) is 6.55. The second kappa shape index (κ2) is 7.69. The van der Waals surface area contributed by atoms with Crippen LogP contribution in [0.4, 0.5) is 0 Å². The van der Waals surface area contributed by atoms with E-state index in [9.17, 15) is 13.2 Å². The molecule has 0 bridgehead atoms. The van der Waals surface area contributed by atoms with Crippen LogP contribution in [-0.2, 0) is 19.4 Å². The van der Waals surface area contributed by atoms with E-state index in [4.69, 9.17) is 4.74 Å². The number of thioether (sulfide) groups is 1. The summed E-state index contributed by atoms with van der Waals surface area (Å²) >= 11 is 1.36. The van der Waals surface area contributed by atoms with Gasteiger partial charge in [0.2, 0.25) is 0 Å². The Morgan fingerprint density at radius 1 is 1.30 bits per heavy atom. The van der Waals surface area contributed by atoms with Crippen molar-refractivity contribution in [2.75, 3.05) is 12.9 Å². The summed E-state index contributed by atoms with van der Waals surface area (Å²) < 4.78 is 27.8. The van der Waals surface area contributed by atoms with Crippen molar-refractivity contribution in [3.63, 3.8) is 0 Å². The van der Waals surface area contributed by atoms with E-state index in [1.165, 1.54) is 18.0 Å². The molecule has 0 aromatic heterocycles. The number of unbranched alkanes of at least 4 members (excludes halogenated alkanes) is 1. The Labute approximate surface area is 124 Å². The van der Waals surface area contributed by atoms with Gasteiger partial charge in [-0.3, -0.25) is 4.79 Å². The molecule has 0 N–H and O–H groups in total. The molecule has 0 aliphatic rings. The Morgan fingerprint density at radius 2 is 1.90 bits per heavy atom. The van der Waals surface area contributed by atoms with Crippen LogP contribution in [0.25, 0.3) is 0 Å². The second-order valence-electron chi connectivity index (χ2n) is 4.52. The first kappa shape index (κ1) is 17.0. The van der Waals surface area contributed by atoms with Crippen molar-refractivity contribution < 1.29 is 17.9 Å². The van der Waals surface area contributed by atoms with Crippen LogP contribution in [0.5, 0.6) is 0 Å². The Morgan fingerprint density at radius 3 is 2.40 bits per heavy atom. The number of carbonyl (C=O) groups is 1. The summed E-state index contributed by atoms with van der Waals surface area (Å²) in [4.78, 5) is 12.8. The molecular weight excluding hydrogens is 296 g/mol. The van der Waals surface area contributed by atoms with Gasteiger partial charge in [-0.15, -0.1) is 11.8 Å².